The number of benzene rings is 2. The summed E-state index contributed by atoms with van der Waals surface area (Å²) in [6, 6.07) is 7.68. The van der Waals surface area contributed by atoms with E-state index < -0.39 is 23.5 Å². The Morgan fingerprint density at radius 2 is 1.90 bits per heavy atom. The maximum atomic E-state index is 13.6. The van der Waals surface area contributed by atoms with Crippen molar-refractivity contribution in [3.05, 3.63) is 69.4 Å². The molecule has 0 spiro atoms. The Morgan fingerprint density at radius 3 is 2.55 bits per heavy atom. The van der Waals surface area contributed by atoms with E-state index in [1.165, 1.54) is 24.3 Å². The molecule has 2 rings (SSSR count). The molecule has 2 nitrogen and oxygen atoms in total. The van der Waals surface area contributed by atoms with E-state index in [0.717, 1.165) is 6.07 Å². The third kappa shape index (κ3) is 3.39. The van der Waals surface area contributed by atoms with Crippen molar-refractivity contribution in [2.75, 3.05) is 0 Å². The molecule has 0 heterocycles. The Labute approximate surface area is 122 Å². The van der Waals surface area contributed by atoms with Gasteiger partial charge in [0, 0.05) is 4.47 Å². The van der Waals surface area contributed by atoms with E-state index in [4.69, 9.17) is 5.84 Å². The van der Waals surface area contributed by atoms with Crippen LogP contribution in [0.5, 0.6) is 0 Å². The van der Waals surface area contributed by atoms with E-state index in [2.05, 4.69) is 21.4 Å². The first-order valence-corrected chi connectivity index (χ1v) is 6.65. The summed E-state index contributed by atoms with van der Waals surface area (Å²) in [7, 11) is 0. The van der Waals surface area contributed by atoms with Gasteiger partial charge in [0.2, 0.25) is 0 Å². The summed E-state index contributed by atoms with van der Waals surface area (Å²) in [6.07, 6.45) is 0.107. The number of hydrogen-bond acceptors (Lipinski definition) is 2. The molecule has 1 unspecified atom stereocenters. The minimum Gasteiger partial charge on any atom is -0.271 e. The second-order valence-corrected chi connectivity index (χ2v) is 5.25. The number of nitrogens with two attached hydrogens (primary N) is 1. The molecule has 3 N–H and O–H groups in total. The van der Waals surface area contributed by atoms with Crippen LogP contribution in [0.3, 0.4) is 0 Å². The molecule has 0 radical (unpaired) electrons. The molecule has 2 aromatic rings. The number of hydrazine groups is 1. The van der Waals surface area contributed by atoms with Crippen LogP contribution in [0.4, 0.5) is 13.2 Å². The van der Waals surface area contributed by atoms with Crippen molar-refractivity contribution < 1.29 is 13.2 Å². The fourth-order valence-corrected chi connectivity index (χ4v) is 2.46. The average molecular weight is 345 g/mol. The van der Waals surface area contributed by atoms with E-state index in [-0.39, 0.29) is 12.0 Å². The Hall–Kier alpha value is -1.37. The van der Waals surface area contributed by atoms with Gasteiger partial charge in [-0.1, -0.05) is 28.1 Å². The van der Waals surface area contributed by atoms with Gasteiger partial charge in [-0.15, -0.1) is 0 Å². The standard InChI is InChI=1S/C14H12BrF3N2/c15-10-4-9(5-11(16)7-10)13(20-19)6-8-2-1-3-12(17)14(8)18/h1-5,7,13,20H,6,19H2. The lowest BCUT2D eigenvalue weighted by atomic mass is 9.99. The van der Waals surface area contributed by atoms with Crippen molar-refractivity contribution >= 4 is 15.9 Å². The molecule has 106 valence electrons. The predicted octanol–water partition coefficient (Wildman–Crippen LogP) is 3.61. The lowest BCUT2D eigenvalue weighted by Crippen LogP contribution is -2.30. The quantitative estimate of drug-likeness (QED) is 0.656. The Bertz CT molecular complexity index is 599. The highest BCUT2D eigenvalue weighted by molar-refractivity contribution is 9.10. The molecule has 0 saturated carbocycles. The van der Waals surface area contributed by atoms with E-state index >= 15 is 0 Å². The maximum absolute atomic E-state index is 13.6. The van der Waals surface area contributed by atoms with Gasteiger partial charge in [0.25, 0.3) is 0 Å². The highest BCUT2D eigenvalue weighted by atomic mass is 79.9. The molecule has 0 bridgehead atoms. The SMILES string of the molecule is NNC(Cc1cccc(F)c1F)c1cc(F)cc(Br)c1. The van der Waals surface area contributed by atoms with Crippen molar-refractivity contribution in [2.24, 2.45) is 5.84 Å². The Morgan fingerprint density at radius 1 is 1.15 bits per heavy atom. The minimum atomic E-state index is -0.918. The van der Waals surface area contributed by atoms with Crippen molar-refractivity contribution in [1.29, 1.82) is 0 Å². The number of halogens is 4. The minimum absolute atomic E-state index is 0.107. The van der Waals surface area contributed by atoms with Gasteiger partial charge in [-0.25, -0.2) is 13.2 Å². The van der Waals surface area contributed by atoms with E-state index in [1.807, 2.05) is 0 Å². The maximum Gasteiger partial charge on any atom is 0.162 e. The van der Waals surface area contributed by atoms with Gasteiger partial charge in [0.05, 0.1) is 6.04 Å². The predicted molar refractivity (Wildman–Crippen MR) is 74.2 cm³/mol. The molecule has 2 aromatic carbocycles. The molecular formula is C14H12BrF3N2. The van der Waals surface area contributed by atoms with Gasteiger partial charge >= 0.3 is 0 Å². The molecule has 0 aliphatic heterocycles. The van der Waals surface area contributed by atoms with Crippen LogP contribution in [0.1, 0.15) is 17.2 Å². The molecule has 0 saturated heterocycles. The van der Waals surface area contributed by atoms with Crippen molar-refractivity contribution in [3.8, 4) is 0 Å². The summed E-state index contributed by atoms with van der Waals surface area (Å²) >= 11 is 3.18. The van der Waals surface area contributed by atoms with Crippen LogP contribution in [-0.4, -0.2) is 0 Å². The highest BCUT2D eigenvalue weighted by Gasteiger charge is 2.16. The summed E-state index contributed by atoms with van der Waals surface area (Å²) in [4.78, 5) is 0. The first-order chi connectivity index (χ1) is 9.51. The summed E-state index contributed by atoms with van der Waals surface area (Å²) in [5, 5.41) is 0. The molecule has 0 amide bonds. The molecule has 0 aliphatic rings. The zero-order valence-corrected chi connectivity index (χ0v) is 11.9. The molecule has 1 atom stereocenters. The van der Waals surface area contributed by atoms with Crippen LogP contribution in [-0.2, 0) is 6.42 Å². The first kappa shape index (κ1) is 15.0. The average Bonchev–Trinajstić information content (AvgIpc) is 2.39. The van der Waals surface area contributed by atoms with Crippen LogP contribution in [0.2, 0.25) is 0 Å². The zero-order chi connectivity index (χ0) is 14.7. The van der Waals surface area contributed by atoms with Crippen LogP contribution in [0.25, 0.3) is 0 Å². The second-order valence-electron chi connectivity index (χ2n) is 4.34. The van der Waals surface area contributed by atoms with Gasteiger partial charge < -0.3 is 0 Å². The number of rotatable bonds is 4. The summed E-state index contributed by atoms with van der Waals surface area (Å²) in [5.74, 6) is 3.17. The summed E-state index contributed by atoms with van der Waals surface area (Å²) < 4.78 is 40.7. The van der Waals surface area contributed by atoms with Crippen LogP contribution in [0.15, 0.2) is 40.9 Å². The smallest absolute Gasteiger partial charge is 0.162 e. The Kier molecular flexibility index (Phi) is 4.80. The lowest BCUT2D eigenvalue weighted by Gasteiger charge is -2.17. The number of hydrogen-bond donors (Lipinski definition) is 2. The van der Waals surface area contributed by atoms with Crippen LogP contribution in [0, 0.1) is 17.5 Å². The Balaban J connectivity index is 2.31. The van der Waals surface area contributed by atoms with E-state index in [0.29, 0.717) is 10.0 Å². The molecular weight excluding hydrogens is 333 g/mol. The first-order valence-electron chi connectivity index (χ1n) is 5.86. The van der Waals surface area contributed by atoms with Crippen molar-refractivity contribution in [2.45, 2.75) is 12.5 Å². The van der Waals surface area contributed by atoms with Crippen LogP contribution < -0.4 is 11.3 Å². The van der Waals surface area contributed by atoms with Gasteiger partial charge in [0.1, 0.15) is 5.82 Å². The monoisotopic (exact) mass is 344 g/mol. The zero-order valence-electron chi connectivity index (χ0n) is 10.3. The highest BCUT2D eigenvalue weighted by Crippen LogP contribution is 2.24. The largest absolute Gasteiger partial charge is 0.271 e. The normalized spacial score (nSPS) is 12.4. The second kappa shape index (κ2) is 6.39. The number of nitrogens with one attached hydrogen (secondary N) is 1. The molecule has 6 heteroatoms. The van der Waals surface area contributed by atoms with Crippen molar-refractivity contribution in [3.63, 3.8) is 0 Å². The lowest BCUT2D eigenvalue weighted by molar-refractivity contribution is 0.480. The summed E-state index contributed by atoms with van der Waals surface area (Å²) in [5.41, 5.74) is 3.21. The molecule has 20 heavy (non-hydrogen) atoms. The van der Waals surface area contributed by atoms with Crippen molar-refractivity contribution in [1.82, 2.24) is 5.43 Å². The van der Waals surface area contributed by atoms with Crippen LogP contribution >= 0.6 is 15.9 Å². The van der Waals surface area contributed by atoms with E-state index in [1.54, 1.807) is 6.07 Å². The van der Waals surface area contributed by atoms with Gasteiger partial charge in [-0.05, 0) is 41.8 Å². The van der Waals surface area contributed by atoms with E-state index in [9.17, 15) is 13.2 Å². The van der Waals surface area contributed by atoms with Gasteiger partial charge in [-0.2, -0.15) is 0 Å². The van der Waals surface area contributed by atoms with Gasteiger partial charge in [-0.3, -0.25) is 11.3 Å². The topological polar surface area (TPSA) is 38.0 Å². The molecule has 0 aliphatic carbocycles. The molecule has 0 fully saturated rings. The third-order valence-electron chi connectivity index (χ3n) is 2.94. The third-order valence-corrected chi connectivity index (χ3v) is 3.40. The fraction of sp³-hybridized carbons (Fsp3) is 0.143. The fourth-order valence-electron chi connectivity index (χ4n) is 1.98. The van der Waals surface area contributed by atoms with Gasteiger partial charge in [0.15, 0.2) is 11.6 Å². The molecule has 0 aromatic heterocycles. The summed E-state index contributed by atoms with van der Waals surface area (Å²) in [6.45, 7) is 0.